The van der Waals surface area contributed by atoms with Crippen LogP contribution in [0.25, 0.3) is 0 Å². The maximum atomic E-state index is 13.8. The molecule has 2 fully saturated rings. The number of nitrogens with zero attached hydrogens (tertiary/aromatic N) is 1. The molecule has 3 rings (SSSR count). The standard InChI is InChI=1S/C48H85NO17/c1-15-37-33(26-63-46-43(60-14)42(59-13)39(54)29(4)64-46)45-48(8,66-45)19-16-35(51)27(2)24-32(17-21-50)40(28(3)36(52)25-38(53)65-37)61-22-18-34(49(9)10)41(30(5)57-11)62-23-20-47(7,56)44(55)31(6)58-12/h16,19,21,27-34,36-37,39-46,52,54-56H,15,17-18,20,22-26H2,1-14H3. The van der Waals surface area contributed by atoms with Crippen LogP contribution in [0.2, 0.25) is 0 Å². The molecular formula is C48H85NO17. The number of aliphatic hydroxyl groups excluding tert-OH is 3. The molecule has 3 aliphatic rings. The van der Waals surface area contributed by atoms with Gasteiger partial charge in [-0.15, -0.1) is 0 Å². The van der Waals surface area contributed by atoms with E-state index >= 15 is 0 Å². The van der Waals surface area contributed by atoms with Gasteiger partial charge in [0.2, 0.25) is 0 Å². The van der Waals surface area contributed by atoms with Crippen molar-refractivity contribution in [3.63, 3.8) is 0 Å². The number of methoxy groups -OCH3 is 4. The second-order valence-corrected chi connectivity index (χ2v) is 19.3. The molecule has 0 aromatic heterocycles. The zero-order chi connectivity index (χ0) is 49.7. The lowest BCUT2D eigenvalue weighted by Crippen LogP contribution is -2.59. The summed E-state index contributed by atoms with van der Waals surface area (Å²) in [6.45, 7) is 14.3. The summed E-state index contributed by atoms with van der Waals surface area (Å²) < 4.78 is 59.9. The number of esters is 1. The first-order chi connectivity index (χ1) is 31.0. The van der Waals surface area contributed by atoms with E-state index in [4.69, 9.17) is 47.4 Å². The molecule has 66 heavy (non-hydrogen) atoms. The highest BCUT2D eigenvalue weighted by Crippen LogP contribution is 2.45. The van der Waals surface area contributed by atoms with Gasteiger partial charge in [0.05, 0.1) is 61.4 Å². The van der Waals surface area contributed by atoms with Crippen molar-refractivity contribution >= 4 is 18.0 Å². The first-order valence-corrected chi connectivity index (χ1v) is 23.6. The van der Waals surface area contributed by atoms with E-state index in [1.165, 1.54) is 34.3 Å². The van der Waals surface area contributed by atoms with Crippen molar-refractivity contribution in [3.05, 3.63) is 12.2 Å². The molecule has 18 nitrogen and oxygen atoms in total. The van der Waals surface area contributed by atoms with Crippen molar-refractivity contribution < 1.29 is 82.2 Å². The summed E-state index contributed by atoms with van der Waals surface area (Å²) in [5.41, 5.74) is -2.39. The summed E-state index contributed by atoms with van der Waals surface area (Å²) in [6.07, 6.45) is -5.06. The van der Waals surface area contributed by atoms with Crippen LogP contribution in [0.4, 0.5) is 0 Å². The molecule has 0 amide bonds. The number of ketones is 1. The van der Waals surface area contributed by atoms with Crippen LogP contribution in [0.1, 0.15) is 93.9 Å². The Kier molecular flexibility index (Phi) is 23.7. The molecule has 0 radical (unpaired) electrons. The van der Waals surface area contributed by atoms with Gasteiger partial charge in [-0.3, -0.25) is 9.59 Å². The number of carbonyl (C=O) groups excluding carboxylic acids is 3. The molecule has 2 saturated heterocycles. The Morgan fingerprint density at radius 3 is 2.21 bits per heavy atom. The Balaban J connectivity index is 1.89. The lowest BCUT2D eigenvalue weighted by molar-refractivity contribution is -0.305. The predicted octanol–water partition coefficient (Wildman–Crippen LogP) is 2.65. The Morgan fingerprint density at radius 2 is 1.64 bits per heavy atom. The molecule has 0 bridgehead atoms. The first-order valence-electron chi connectivity index (χ1n) is 23.6. The summed E-state index contributed by atoms with van der Waals surface area (Å²) >= 11 is 0. The van der Waals surface area contributed by atoms with Crippen LogP contribution in [-0.2, 0) is 61.8 Å². The number of hydrogen-bond acceptors (Lipinski definition) is 18. The molecule has 18 heteroatoms. The normalized spacial score (nSPS) is 37.0. The maximum absolute atomic E-state index is 13.8. The number of ether oxygens (including phenoxy) is 10. The Morgan fingerprint density at radius 1 is 0.985 bits per heavy atom. The maximum Gasteiger partial charge on any atom is 0.308 e. The van der Waals surface area contributed by atoms with Gasteiger partial charge in [0, 0.05) is 78.3 Å². The molecular weight excluding hydrogens is 863 g/mol. The minimum Gasteiger partial charge on any atom is -0.462 e. The van der Waals surface area contributed by atoms with Gasteiger partial charge in [-0.25, -0.2) is 0 Å². The Bertz CT molecular complexity index is 1500. The van der Waals surface area contributed by atoms with E-state index in [-0.39, 0.29) is 63.4 Å². The van der Waals surface area contributed by atoms with Gasteiger partial charge >= 0.3 is 5.97 Å². The van der Waals surface area contributed by atoms with Crippen molar-refractivity contribution in [1.29, 1.82) is 0 Å². The second-order valence-electron chi connectivity index (χ2n) is 19.3. The smallest absolute Gasteiger partial charge is 0.308 e. The summed E-state index contributed by atoms with van der Waals surface area (Å²) in [7, 11) is 9.80. The lowest BCUT2D eigenvalue weighted by Gasteiger charge is -2.42. The SMILES string of the molecule is CCC1OC(=O)CC(O)C(C)C(OCCC(C(OCCC(C)(O)C(O)C(C)OC)C(C)OC)N(C)C)C(CC=O)CC(C)C(=O)C=CC2(C)OC2C1COC1OC(C)C(O)C(OC)C1OC. The van der Waals surface area contributed by atoms with Crippen LogP contribution in [0.5, 0.6) is 0 Å². The fourth-order valence-corrected chi connectivity index (χ4v) is 9.49. The van der Waals surface area contributed by atoms with Crippen LogP contribution in [0.15, 0.2) is 12.2 Å². The Hall–Kier alpha value is -2.01. The number of fused-ring (bicyclic) bond motifs is 1. The predicted molar refractivity (Wildman–Crippen MR) is 242 cm³/mol. The number of hydrogen-bond donors (Lipinski definition) is 4. The molecule has 0 aliphatic carbocycles. The van der Waals surface area contributed by atoms with Crippen LogP contribution in [0, 0.1) is 23.7 Å². The van der Waals surface area contributed by atoms with Crippen LogP contribution < -0.4 is 0 Å². The molecule has 0 spiro atoms. The number of aliphatic hydroxyl groups is 4. The highest BCUT2D eigenvalue weighted by molar-refractivity contribution is 5.91. The van der Waals surface area contributed by atoms with E-state index in [1.807, 2.05) is 39.8 Å². The van der Waals surface area contributed by atoms with Crippen molar-refractivity contribution in [2.45, 2.75) is 191 Å². The van der Waals surface area contributed by atoms with Crippen molar-refractivity contribution in [2.24, 2.45) is 23.7 Å². The van der Waals surface area contributed by atoms with Gasteiger partial charge in [-0.2, -0.15) is 0 Å². The number of carbonyl (C=O) groups is 3. The summed E-state index contributed by atoms with van der Waals surface area (Å²) in [5, 5.41) is 44.2. The van der Waals surface area contributed by atoms with E-state index < -0.39 is 114 Å². The molecule has 4 N–H and O–H groups in total. The summed E-state index contributed by atoms with van der Waals surface area (Å²) in [5.74, 6) is -3.09. The van der Waals surface area contributed by atoms with E-state index in [1.54, 1.807) is 40.9 Å². The quantitative estimate of drug-likeness (QED) is 0.0656. The third-order valence-corrected chi connectivity index (χ3v) is 14.3. The van der Waals surface area contributed by atoms with Crippen LogP contribution in [0.3, 0.4) is 0 Å². The molecule has 0 aromatic carbocycles. The largest absolute Gasteiger partial charge is 0.462 e. The fraction of sp³-hybridized carbons (Fsp3) is 0.896. The van der Waals surface area contributed by atoms with Crippen molar-refractivity contribution in [2.75, 3.05) is 62.4 Å². The minimum atomic E-state index is -1.49. The van der Waals surface area contributed by atoms with E-state index in [0.29, 0.717) is 12.8 Å². The third kappa shape index (κ3) is 15.5. The molecule has 20 unspecified atom stereocenters. The molecule has 3 aliphatic heterocycles. The molecule has 0 saturated carbocycles. The number of epoxide rings is 1. The first kappa shape index (κ1) is 58.3. The fourth-order valence-electron chi connectivity index (χ4n) is 9.49. The van der Waals surface area contributed by atoms with Crippen LogP contribution in [-0.4, -0.2) is 203 Å². The number of rotatable bonds is 23. The lowest BCUT2D eigenvalue weighted by atomic mass is 9.79. The van der Waals surface area contributed by atoms with E-state index in [2.05, 4.69) is 0 Å². The van der Waals surface area contributed by atoms with Crippen molar-refractivity contribution in [3.8, 4) is 0 Å². The average molecular weight is 948 g/mol. The van der Waals surface area contributed by atoms with Gasteiger partial charge in [0.25, 0.3) is 0 Å². The number of cyclic esters (lactones) is 1. The van der Waals surface area contributed by atoms with Gasteiger partial charge in [-0.05, 0) is 86.0 Å². The number of likely N-dealkylation sites (N-methyl/N-ethyl adjacent to an activating group) is 1. The molecule has 0 aromatic rings. The highest BCUT2D eigenvalue weighted by Gasteiger charge is 2.57. The van der Waals surface area contributed by atoms with Crippen molar-refractivity contribution in [1.82, 2.24) is 4.90 Å². The zero-order valence-corrected chi connectivity index (χ0v) is 42.0. The summed E-state index contributed by atoms with van der Waals surface area (Å²) in [4.78, 5) is 41.9. The van der Waals surface area contributed by atoms with E-state index in [0.717, 1.165) is 6.29 Å². The van der Waals surface area contributed by atoms with Gasteiger partial charge < -0.3 is 77.5 Å². The Labute approximate surface area is 393 Å². The average Bonchev–Trinajstić information content (AvgIpc) is 3.95. The third-order valence-electron chi connectivity index (χ3n) is 14.3. The van der Waals surface area contributed by atoms with E-state index in [9.17, 15) is 34.8 Å². The number of aldehydes is 1. The van der Waals surface area contributed by atoms with Gasteiger partial charge in [0.15, 0.2) is 12.1 Å². The monoisotopic (exact) mass is 948 g/mol. The number of allylic oxidation sites excluding steroid dienone is 1. The van der Waals surface area contributed by atoms with Gasteiger partial charge in [-0.1, -0.05) is 20.8 Å². The highest BCUT2D eigenvalue weighted by atomic mass is 16.7. The molecule has 20 atom stereocenters. The minimum absolute atomic E-state index is 0.00312. The second kappa shape index (κ2) is 26.8. The summed E-state index contributed by atoms with van der Waals surface area (Å²) in [6, 6.07) is -0.275. The zero-order valence-electron chi connectivity index (χ0n) is 42.0. The topological polar surface area (TPSA) is 231 Å². The van der Waals surface area contributed by atoms with Gasteiger partial charge in [0.1, 0.15) is 42.4 Å². The van der Waals surface area contributed by atoms with Crippen LogP contribution >= 0.6 is 0 Å². The molecule has 3 heterocycles. The molecule has 384 valence electrons.